The number of nitrogens with zero attached hydrogens (tertiary/aromatic N) is 1. The van der Waals surface area contributed by atoms with E-state index in [1.165, 1.54) is 37.6 Å². The number of nitriles is 1. The number of ether oxygens (including phenoxy) is 1. The molecule has 112 valence electrons. The fourth-order valence-corrected chi connectivity index (χ4v) is 2.35. The summed E-state index contributed by atoms with van der Waals surface area (Å²) in [7, 11) is 1.42. The van der Waals surface area contributed by atoms with Crippen molar-refractivity contribution in [3.63, 3.8) is 0 Å². The van der Waals surface area contributed by atoms with Crippen LogP contribution in [-0.2, 0) is 0 Å². The number of Topliss-reactive ketones (excluding diaryl/α,β-unsaturated/α-hetero) is 1. The summed E-state index contributed by atoms with van der Waals surface area (Å²) in [6.07, 6.45) is 2.83. The van der Waals surface area contributed by atoms with Crippen molar-refractivity contribution >= 4 is 27.8 Å². The van der Waals surface area contributed by atoms with E-state index in [1.54, 1.807) is 6.92 Å². The van der Waals surface area contributed by atoms with Crippen molar-refractivity contribution in [3.05, 3.63) is 51.4 Å². The maximum Gasteiger partial charge on any atom is 0.207 e. The first kappa shape index (κ1) is 15.9. The van der Waals surface area contributed by atoms with Gasteiger partial charge >= 0.3 is 0 Å². The molecule has 0 spiro atoms. The molecule has 1 heterocycles. The number of phenols is 1. The molecule has 0 fully saturated rings. The molecular weight excluding hydrogens is 350 g/mol. The monoisotopic (exact) mass is 361 g/mol. The zero-order valence-electron chi connectivity index (χ0n) is 11.9. The third kappa shape index (κ3) is 3.05. The average molecular weight is 362 g/mol. The van der Waals surface area contributed by atoms with Gasteiger partial charge in [0.05, 0.1) is 18.9 Å². The van der Waals surface area contributed by atoms with Gasteiger partial charge in [0.2, 0.25) is 5.78 Å². The van der Waals surface area contributed by atoms with E-state index in [4.69, 9.17) is 9.15 Å². The van der Waals surface area contributed by atoms with Gasteiger partial charge in [-0.3, -0.25) is 4.79 Å². The van der Waals surface area contributed by atoms with Crippen molar-refractivity contribution in [2.45, 2.75) is 6.92 Å². The second-order valence-electron chi connectivity index (χ2n) is 4.43. The molecule has 0 aliphatic rings. The lowest BCUT2D eigenvalue weighted by Crippen LogP contribution is -2.02. The number of benzene rings is 1. The molecule has 0 aliphatic carbocycles. The number of carbonyl (C=O) groups excluding carboxylic acids is 1. The van der Waals surface area contributed by atoms with Crippen LogP contribution in [0.3, 0.4) is 0 Å². The Balaban J connectivity index is 2.48. The average Bonchev–Trinajstić information content (AvgIpc) is 2.92. The highest BCUT2D eigenvalue weighted by Crippen LogP contribution is 2.33. The largest absolute Gasteiger partial charge is 0.504 e. The molecule has 0 amide bonds. The van der Waals surface area contributed by atoms with Crippen LogP contribution in [0.25, 0.3) is 6.08 Å². The molecule has 0 aliphatic heterocycles. The Morgan fingerprint density at radius 2 is 2.23 bits per heavy atom. The highest BCUT2D eigenvalue weighted by Gasteiger charge is 2.17. The molecule has 1 N–H and O–H groups in total. The lowest BCUT2D eigenvalue weighted by molar-refractivity contribution is 0.103. The lowest BCUT2D eigenvalue weighted by Gasteiger charge is -2.07. The molecule has 1 aromatic heterocycles. The van der Waals surface area contributed by atoms with Gasteiger partial charge in [-0.05, 0) is 36.8 Å². The van der Waals surface area contributed by atoms with E-state index in [0.717, 1.165) is 0 Å². The summed E-state index contributed by atoms with van der Waals surface area (Å²) in [6, 6.07) is 6.39. The number of hydrogen-bond donors (Lipinski definition) is 1. The number of aromatic hydroxyl groups is 1. The van der Waals surface area contributed by atoms with Gasteiger partial charge in [0, 0.05) is 4.47 Å². The van der Waals surface area contributed by atoms with Gasteiger partial charge in [-0.25, -0.2) is 0 Å². The highest BCUT2D eigenvalue weighted by atomic mass is 79.9. The van der Waals surface area contributed by atoms with Crippen LogP contribution >= 0.6 is 15.9 Å². The Bertz CT molecular complexity index is 799. The van der Waals surface area contributed by atoms with Crippen molar-refractivity contribution in [2.75, 3.05) is 7.11 Å². The number of halogens is 1. The normalized spacial score (nSPS) is 11.1. The van der Waals surface area contributed by atoms with E-state index in [1.807, 2.05) is 6.07 Å². The number of allylic oxidation sites excluding steroid dienone is 1. The van der Waals surface area contributed by atoms with Gasteiger partial charge in [-0.2, -0.15) is 5.26 Å². The highest BCUT2D eigenvalue weighted by molar-refractivity contribution is 9.10. The third-order valence-electron chi connectivity index (χ3n) is 3.07. The van der Waals surface area contributed by atoms with E-state index in [9.17, 15) is 15.2 Å². The molecule has 0 atom stereocenters. The molecule has 2 aromatic rings. The standard InChI is InChI=1S/C16H12BrNO4/c1-9-12(3-4-22-9)16(20)11(8-18)5-10-6-15(21-2)14(19)7-13(10)17/h3-7,19H,1-2H3. The fourth-order valence-electron chi connectivity index (χ4n) is 1.90. The topological polar surface area (TPSA) is 83.5 Å². The van der Waals surface area contributed by atoms with E-state index in [-0.39, 0.29) is 17.1 Å². The second kappa shape index (κ2) is 6.50. The summed E-state index contributed by atoms with van der Waals surface area (Å²) in [5.41, 5.74) is 0.841. The number of furan rings is 1. The molecule has 22 heavy (non-hydrogen) atoms. The quantitative estimate of drug-likeness (QED) is 0.507. The van der Waals surface area contributed by atoms with Gasteiger partial charge in [-0.1, -0.05) is 15.9 Å². The molecular formula is C16H12BrNO4. The molecule has 0 saturated carbocycles. The minimum Gasteiger partial charge on any atom is -0.504 e. The number of carbonyl (C=O) groups is 1. The molecule has 2 rings (SSSR count). The molecule has 0 unspecified atom stereocenters. The van der Waals surface area contributed by atoms with Crippen LogP contribution in [-0.4, -0.2) is 18.0 Å². The van der Waals surface area contributed by atoms with E-state index in [0.29, 0.717) is 21.4 Å². The number of phenolic OH excluding ortho intramolecular Hbond substituents is 1. The van der Waals surface area contributed by atoms with Crippen LogP contribution in [0, 0.1) is 18.3 Å². The zero-order chi connectivity index (χ0) is 16.3. The van der Waals surface area contributed by atoms with Crippen molar-refractivity contribution in [1.82, 2.24) is 0 Å². The fraction of sp³-hybridized carbons (Fsp3) is 0.125. The maximum atomic E-state index is 12.3. The number of hydrogen-bond acceptors (Lipinski definition) is 5. The summed E-state index contributed by atoms with van der Waals surface area (Å²) < 4.78 is 10.6. The molecule has 1 aromatic carbocycles. The first-order valence-electron chi connectivity index (χ1n) is 6.25. The zero-order valence-corrected chi connectivity index (χ0v) is 13.5. The summed E-state index contributed by atoms with van der Waals surface area (Å²) in [5.74, 6) is 0.238. The lowest BCUT2D eigenvalue weighted by atomic mass is 10.0. The minimum atomic E-state index is -0.423. The maximum absolute atomic E-state index is 12.3. The van der Waals surface area contributed by atoms with Crippen LogP contribution in [0.5, 0.6) is 11.5 Å². The Morgan fingerprint density at radius 3 is 2.77 bits per heavy atom. The first-order valence-corrected chi connectivity index (χ1v) is 7.04. The van der Waals surface area contributed by atoms with Crippen molar-refractivity contribution in [2.24, 2.45) is 0 Å². The predicted molar refractivity (Wildman–Crippen MR) is 83.7 cm³/mol. The SMILES string of the molecule is COc1cc(C=C(C#N)C(=O)c2ccoc2C)c(Br)cc1O. The van der Waals surface area contributed by atoms with E-state index in [2.05, 4.69) is 15.9 Å². The summed E-state index contributed by atoms with van der Waals surface area (Å²) in [4.78, 5) is 12.3. The minimum absolute atomic E-state index is 0.0398. The van der Waals surface area contributed by atoms with Crippen LogP contribution in [0.15, 0.2) is 38.9 Å². The Kier molecular flexibility index (Phi) is 4.68. The van der Waals surface area contributed by atoms with Gasteiger partial charge < -0.3 is 14.3 Å². The Morgan fingerprint density at radius 1 is 1.50 bits per heavy atom. The van der Waals surface area contributed by atoms with Crippen molar-refractivity contribution in [1.29, 1.82) is 5.26 Å². The van der Waals surface area contributed by atoms with Gasteiger partial charge in [-0.15, -0.1) is 0 Å². The van der Waals surface area contributed by atoms with Crippen LogP contribution in [0.1, 0.15) is 21.7 Å². The Hall–Kier alpha value is -2.52. The van der Waals surface area contributed by atoms with Crippen molar-refractivity contribution in [3.8, 4) is 17.6 Å². The molecule has 0 bridgehead atoms. The van der Waals surface area contributed by atoms with Crippen LogP contribution in [0.4, 0.5) is 0 Å². The predicted octanol–water partition coefficient (Wildman–Crippen LogP) is 3.85. The van der Waals surface area contributed by atoms with Crippen LogP contribution in [0.2, 0.25) is 0 Å². The molecule has 0 saturated heterocycles. The number of rotatable bonds is 4. The van der Waals surface area contributed by atoms with Gasteiger partial charge in [0.15, 0.2) is 11.5 Å². The summed E-state index contributed by atoms with van der Waals surface area (Å²) >= 11 is 3.28. The summed E-state index contributed by atoms with van der Waals surface area (Å²) in [5, 5.41) is 18.9. The summed E-state index contributed by atoms with van der Waals surface area (Å²) in [6.45, 7) is 1.65. The number of ketones is 1. The number of aryl methyl sites for hydroxylation is 1. The Labute approximate surface area is 135 Å². The van der Waals surface area contributed by atoms with E-state index >= 15 is 0 Å². The molecule has 5 nitrogen and oxygen atoms in total. The molecule has 6 heteroatoms. The van der Waals surface area contributed by atoms with Crippen LogP contribution < -0.4 is 4.74 Å². The second-order valence-corrected chi connectivity index (χ2v) is 5.29. The first-order chi connectivity index (χ1) is 10.5. The smallest absolute Gasteiger partial charge is 0.207 e. The third-order valence-corrected chi connectivity index (χ3v) is 3.75. The molecule has 0 radical (unpaired) electrons. The van der Waals surface area contributed by atoms with Gasteiger partial charge in [0.25, 0.3) is 0 Å². The van der Waals surface area contributed by atoms with Gasteiger partial charge in [0.1, 0.15) is 17.4 Å². The number of methoxy groups -OCH3 is 1. The van der Waals surface area contributed by atoms with Crippen molar-refractivity contribution < 1.29 is 19.1 Å². The van der Waals surface area contributed by atoms with E-state index < -0.39 is 5.78 Å².